The van der Waals surface area contributed by atoms with Crippen molar-refractivity contribution in [1.82, 2.24) is 10.2 Å². The van der Waals surface area contributed by atoms with Crippen LogP contribution in [0.25, 0.3) is 0 Å². The van der Waals surface area contributed by atoms with Crippen LogP contribution < -0.4 is 11.1 Å². The van der Waals surface area contributed by atoms with Gasteiger partial charge in [-0.3, -0.25) is 0 Å². The van der Waals surface area contributed by atoms with Crippen LogP contribution in [-0.4, -0.2) is 41.6 Å². The Morgan fingerprint density at radius 3 is 3.05 bits per heavy atom. The van der Waals surface area contributed by atoms with Crippen LogP contribution in [0.3, 0.4) is 0 Å². The molecule has 2 amide bonds. The zero-order chi connectivity index (χ0) is 13.8. The van der Waals surface area contributed by atoms with E-state index in [2.05, 4.69) is 5.32 Å². The number of carbonyl (C=O) groups is 2. The van der Waals surface area contributed by atoms with Crippen LogP contribution in [-0.2, 0) is 11.2 Å². The molecule has 1 aromatic rings. The maximum absolute atomic E-state index is 12.0. The lowest BCUT2D eigenvalue weighted by Crippen LogP contribution is -2.48. The summed E-state index contributed by atoms with van der Waals surface area (Å²) < 4.78 is 0. The molecular formula is C12H17N3O3S. The third-order valence-electron chi connectivity index (χ3n) is 3.12. The fraction of sp³-hybridized carbons (Fsp3) is 0.500. The van der Waals surface area contributed by atoms with Crippen LogP contribution >= 0.6 is 11.3 Å². The molecule has 0 spiro atoms. The minimum absolute atomic E-state index is 0.335. The van der Waals surface area contributed by atoms with Crippen molar-refractivity contribution < 1.29 is 14.7 Å². The normalized spacial score (nSPS) is 17.9. The van der Waals surface area contributed by atoms with Gasteiger partial charge in [0.05, 0.1) is 0 Å². The Morgan fingerprint density at radius 1 is 1.58 bits per heavy atom. The molecule has 1 aliphatic heterocycles. The molecule has 0 fully saturated rings. The van der Waals surface area contributed by atoms with Gasteiger partial charge in [0.1, 0.15) is 0 Å². The van der Waals surface area contributed by atoms with E-state index in [0.717, 1.165) is 10.4 Å². The first-order valence-electron chi connectivity index (χ1n) is 6.18. The van der Waals surface area contributed by atoms with Crippen molar-refractivity contribution in [3.8, 4) is 0 Å². The third kappa shape index (κ3) is 2.87. The summed E-state index contributed by atoms with van der Waals surface area (Å²) in [6.45, 7) is 1.39. The Kier molecular flexibility index (Phi) is 4.39. The summed E-state index contributed by atoms with van der Waals surface area (Å²) >= 11 is 1.54. The molecule has 0 saturated heterocycles. The van der Waals surface area contributed by atoms with Gasteiger partial charge in [0.2, 0.25) is 0 Å². The molecule has 4 N–H and O–H groups in total. The number of carboxylic acids is 1. The number of aliphatic carboxylic acids is 1. The predicted molar refractivity (Wildman–Crippen MR) is 72.2 cm³/mol. The van der Waals surface area contributed by atoms with Crippen LogP contribution in [0.4, 0.5) is 4.79 Å². The largest absolute Gasteiger partial charge is 0.479 e. The van der Waals surface area contributed by atoms with E-state index in [-0.39, 0.29) is 6.03 Å². The summed E-state index contributed by atoms with van der Waals surface area (Å²) in [7, 11) is 0. The number of nitrogens with zero attached hydrogens (tertiary/aromatic N) is 1. The molecule has 1 aliphatic rings. The highest BCUT2D eigenvalue weighted by Gasteiger charge is 2.36. The van der Waals surface area contributed by atoms with E-state index in [1.165, 1.54) is 4.90 Å². The summed E-state index contributed by atoms with van der Waals surface area (Å²) in [4.78, 5) is 25.9. The number of nitrogens with one attached hydrogen (secondary N) is 1. The number of fused-ring (bicyclic) bond motifs is 1. The van der Waals surface area contributed by atoms with Gasteiger partial charge < -0.3 is 21.1 Å². The number of hydrogen-bond acceptors (Lipinski definition) is 4. The molecule has 2 rings (SSSR count). The van der Waals surface area contributed by atoms with Crippen molar-refractivity contribution in [2.75, 3.05) is 19.6 Å². The number of amides is 2. The summed E-state index contributed by atoms with van der Waals surface area (Å²) in [6.07, 6.45) is 1.39. The topological polar surface area (TPSA) is 95.7 Å². The van der Waals surface area contributed by atoms with Crippen LogP contribution in [0.5, 0.6) is 0 Å². The first-order valence-corrected chi connectivity index (χ1v) is 7.06. The van der Waals surface area contributed by atoms with Gasteiger partial charge in [-0.05, 0) is 36.4 Å². The lowest BCUT2D eigenvalue weighted by Gasteiger charge is -2.33. The highest BCUT2D eigenvalue weighted by molar-refractivity contribution is 7.10. The Hall–Kier alpha value is -1.60. The molecule has 1 atom stereocenters. The number of nitrogens with two attached hydrogens (primary N) is 1. The average Bonchev–Trinajstić information content (AvgIpc) is 2.85. The van der Waals surface area contributed by atoms with Gasteiger partial charge in [0.25, 0.3) is 0 Å². The minimum atomic E-state index is -0.992. The second kappa shape index (κ2) is 6.03. The maximum atomic E-state index is 12.0. The van der Waals surface area contributed by atoms with Gasteiger partial charge in [-0.25, -0.2) is 9.59 Å². The number of rotatable bonds is 4. The summed E-state index contributed by atoms with van der Waals surface area (Å²) in [6, 6.07) is 0.573. The SMILES string of the molecule is NCCCNC(=O)N1CCc2sccc2C1C(=O)O. The summed E-state index contributed by atoms with van der Waals surface area (Å²) in [5.41, 5.74) is 6.09. The second-order valence-corrected chi connectivity index (χ2v) is 5.36. The van der Waals surface area contributed by atoms with Gasteiger partial charge in [0, 0.05) is 18.0 Å². The van der Waals surface area contributed by atoms with Crippen molar-refractivity contribution in [1.29, 1.82) is 0 Å². The van der Waals surface area contributed by atoms with E-state index in [1.807, 2.05) is 5.38 Å². The predicted octanol–water partition coefficient (Wildman–Crippen LogP) is 0.790. The molecule has 2 heterocycles. The first kappa shape index (κ1) is 13.8. The Balaban J connectivity index is 2.12. The molecular weight excluding hydrogens is 266 g/mol. The summed E-state index contributed by atoms with van der Waals surface area (Å²) in [5.74, 6) is -0.992. The molecule has 104 valence electrons. The maximum Gasteiger partial charge on any atom is 0.331 e. The van der Waals surface area contributed by atoms with Gasteiger partial charge in [-0.1, -0.05) is 0 Å². The van der Waals surface area contributed by atoms with Crippen molar-refractivity contribution in [3.05, 3.63) is 21.9 Å². The number of carboxylic acid groups (broad SMARTS) is 1. The van der Waals surface area contributed by atoms with Gasteiger partial charge >= 0.3 is 12.0 Å². The molecule has 0 saturated carbocycles. The molecule has 6 nitrogen and oxygen atoms in total. The van der Waals surface area contributed by atoms with E-state index < -0.39 is 12.0 Å². The average molecular weight is 283 g/mol. The Labute approximate surface area is 115 Å². The molecule has 1 aromatic heterocycles. The first-order chi connectivity index (χ1) is 9.15. The number of urea groups is 1. The fourth-order valence-corrected chi connectivity index (χ4v) is 3.10. The molecule has 1 unspecified atom stereocenters. The van der Waals surface area contributed by atoms with E-state index >= 15 is 0 Å². The van der Waals surface area contributed by atoms with Crippen molar-refractivity contribution in [2.24, 2.45) is 5.73 Å². The summed E-state index contributed by atoms with van der Waals surface area (Å²) in [5, 5.41) is 13.9. The van der Waals surface area contributed by atoms with Crippen molar-refractivity contribution in [2.45, 2.75) is 18.9 Å². The number of hydrogen-bond donors (Lipinski definition) is 3. The zero-order valence-corrected chi connectivity index (χ0v) is 11.3. The fourth-order valence-electron chi connectivity index (χ4n) is 2.20. The van der Waals surface area contributed by atoms with E-state index in [4.69, 9.17) is 5.73 Å². The standard InChI is InChI=1S/C12H17N3O3S/c13-4-1-5-14-12(18)15-6-2-9-8(3-7-19-9)10(15)11(16)17/h3,7,10H,1-2,4-6,13H2,(H,14,18)(H,16,17). The smallest absolute Gasteiger partial charge is 0.331 e. The molecule has 0 radical (unpaired) electrons. The molecule has 19 heavy (non-hydrogen) atoms. The second-order valence-electron chi connectivity index (χ2n) is 4.36. The molecule has 0 aromatic carbocycles. The molecule has 7 heteroatoms. The zero-order valence-electron chi connectivity index (χ0n) is 10.5. The van der Waals surface area contributed by atoms with Crippen LogP contribution in [0.2, 0.25) is 0 Å². The highest BCUT2D eigenvalue weighted by Crippen LogP contribution is 2.33. The van der Waals surface area contributed by atoms with Crippen LogP contribution in [0.15, 0.2) is 11.4 Å². The lowest BCUT2D eigenvalue weighted by atomic mass is 10.0. The van der Waals surface area contributed by atoms with E-state index in [9.17, 15) is 14.7 Å². The van der Waals surface area contributed by atoms with Crippen LogP contribution in [0.1, 0.15) is 22.9 Å². The minimum Gasteiger partial charge on any atom is -0.479 e. The lowest BCUT2D eigenvalue weighted by molar-refractivity contribution is -0.142. The third-order valence-corrected chi connectivity index (χ3v) is 4.11. The van der Waals surface area contributed by atoms with Gasteiger partial charge in [-0.2, -0.15) is 0 Å². The molecule has 0 bridgehead atoms. The van der Waals surface area contributed by atoms with Crippen molar-refractivity contribution >= 4 is 23.3 Å². The monoisotopic (exact) mass is 283 g/mol. The van der Waals surface area contributed by atoms with Gasteiger partial charge in [0.15, 0.2) is 6.04 Å². The van der Waals surface area contributed by atoms with Gasteiger partial charge in [-0.15, -0.1) is 11.3 Å². The van der Waals surface area contributed by atoms with E-state index in [1.54, 1.807) is 17.4 Å². The van der Waals surface area contributed by atoms with Crippen molar-refractivity contribution in [3.63, 3.8) is 0 Å². The number of carbonyl (C=O) groups excluding carboxylic acids is 1. The van der Waals surface area contributed by atoms with E-state index in [0.29, 0.717) is 32.5 Å². The highest BCUT2D eigenvalue weighted by atomic mass is 32.1. The number of thiophene rings is 1. The quantitative estimate of drug-likeness (QED) is 0.712. The Bertz CT molecular complexity index is 475. The van der Waals surface area contributed by atoms with Crippen LogP contribution in [0, 0.1) is 0 Å². The molecule has 0 aliphatic carbocycles. The Morgan fingerprint density at radius 2 is 2.37 bits per heavy atom.